The number of rotatable bonds is 1. The fourth-order valence-electron chi connectivity index (χ4n) is 2.78. The summed E-state index contributed by atoms with van der Waals surface area (Å²) in [6, 6.07) is 9.97. The van der Waals surface area contributed by atoms with Crippen LogP contribution in [0.15, 0.2) is 30.3 Å². The van der Waals surface area contributed by atoms with E-state index < -0.39 is 0 Å². The lowest BCUT2D eigenvalue weighted by atomic mass is 10.0. The van der Waals surface area contributed by atoms with Crippen molar-refractivity contribution in [2.75, 3.05) is 19.6 Å². The van der Waals surface area contributed by atoms with Crippen LogP contribution in [-0.2, 0) is 0 Å². The molecule has 0 unspecified atom stereocenters. The molecule has 1 aliphatic heterocycles. The molecule has 22 heavy (non-hydrogen) atoms. The van der Waals surface area contributed by atoms with Gasteiger partial charge in [-0.3, -0.25) is 9.78 Å². The number of benzene rings is 1. The van der Waals surface area contributed by atoms with Gasteiger partial charge in [-0.25, -0.2) is 0 Å². The van der Waals surface area contributed by atoms with Gasteiger partial charge in [-0.2, -0.15) is 0 Å². The maximum Gasteiger partial charge on any atom is 0.254 e. The molecule has 0 aliphatic carbocycles. The van der Waals surface area contributed by atoms with Gasteiger partial charge in [0.2, 0.25) is 0 Å². The molecular formula is C16H21Cl2N3O. The fourth-order valence-corrected chi connectivity index (χ4v) is 2.78. The third-order valence-corrected chi connectivity index (χ3v) is 3.84. The van der Waals surface area contributed by atoms with Crippen molar-refractivity contribution in [2.24, 2.45) is 0 Å². The lowest BCUT2D eigenvalue weighted by Gasteiger charge is -2.34. The number of piperazine rings is 1. The van der Waals surface area contributed by atoms with Crippen LogP contribution in [0.3, 0.4) is 0 Å². The Kier molecular flexibility index (Phi) is 6.60. The smallest absolute Gasteiger partial charge is 0.254 e. The van der Waals surface area contributed by atoms with E-state index in [9.17, 15) is 4.79 Å². The lowest BCUT2D eigenvalue weighted by Crippen LogP contribution is -2.52. The Morgan fingerprint density at radius 1 is 1.32 bits per heavy atom. The summed E-state index contributed by atoms with van der Waals surface area (Å²) in [5.74, 6) is 0.112. The number of fused-ring (bicyclic) bond motifs is 1. The van der Waals surface area contributed by atoms with Crippen molar-refractivity contribution in [1.29, 1.82) is 0 Å². The molecule has 0 spiro atoms. The SMILES string of the molecule is Cc1cc(C(=O)N2CCNC[C@@H]2C)c2ccccc2n1.Cl.Cl. The number of amides is 1. The second kappa shape index (κ2) is 7.77. The van der Waals surface area contributed by atoms with E-state index in [2.05, 4.69) is 17.2 Å². The third kappa shape index (κ3) is 3.51. The molecule has 0 bridgehead atoms. The van der Waals surface area contributed by atoms with Crippen LogP contribution in [0.2, 0.25) is 0 Å². The Hall–Kier alpha value is -1.36. The second-order valence-corrected chi connectivity index (χ2v) is 5.38. The van der Waals surface area contributed by atoms with Crippen LogP contribution in [0, 0.1) is 6.92 Å². The highest BCUT2D eigenvalue weighted by Gasteiger charge is 2.25. The molecule has 3 rings (SSSR count). The highest BCUT2D eigenvalue weighted by Crippen LogP contribution is 2.21. The van der Waals surface area contributed by atoms with Gasteiger partial charge in [0, 0.05) is 36.8 Å². The summed E-state index contributed by atoms with van der Waals surface area (Å²) >= 11 is 0. The number of hydrogen-bond acceptors (Lipinski definition) is 3. The minimum absolute atomic E-state index is 0. The van der Waals surface area contributed by atoms with Crippen molar-refractivity contribution >= 4 is 41.6 Å². The van der Waals surface area contributed by atoms with Crippen LogP contribution in [0.25, 0.3) is 10.9 Å². The minimum Gasteiger partial charge on any atom is -0.333 e. The number of nitrogens with zero attached hydrogens (tertiary/aromatic N) is 2. The number of halogens is 2. The molecule has 2 heterocycles. The minimum atomic E-state index is 0. The van der Waals surface area contributed by atoms with E-state index in [1.165, 1.54) is 0 Å². The third-order valence-electron chi connectivity index (χ3n) is 3.84. The first-order chi connectivity index (χ1) is 9.66. The topological polar surface area (TPSA) is 45.2 Å². The van der Waals surface area contributed by atoms with E-state index in [4.69, 9.17) is 0 Å². The van der Waals surface area contributed by atoms with Crippen LogP contribution in [0.1, 0.15) is 23.0 Å². The highest BCUT2D eigenvalue weighted by atomic mass is 35.5. The number of pyridine rings is 1. The van der Waals surface area contributed by atoms with E-state index >= 15 is 0 Å². The summed E-state index contributed by atoms with van der Waals surface area (Å²) in [5.41, 5.74) is 2.54. The molecule has 120 valence electrons. The summed E-state index contributed by atoms with van der Waals surface area (Å²) < 4.78 is 0. The van der Waals surface area contributed by atoms with Gasteiger partial charge in [0.25, 0.3) is 5.91 Å². The number of hydrogen-bond donors (Lipinski definition) is 1. The molecule has 4 nitrogen and oxygen atoms in total. The summed E-state index contributed by atoms with van der Waals surface area (Å²) in [5, 5.41) is 4.25. The molecule has 1 atom stereocenters. The summed E-state index contributed by atoms with van der Waals surface area (Å²) in [4.78, 5) is 19.3. The van der Waals surface area contributed by atoms with Gasteiger partial charge < -0.3 is 10.2 Å². The molecule has 1 saturated heterocycles. The van der Waals surface area contributed by atoms with Crippen LogP contribution < -0.4 is 5.32 Å². The zero-order valence-corrected chi connectivity index (χ0v) is 14.3. The monoisotopic (exact) mass is 341 g/mol. The molecule has 6 heteroatoms. The molecular weight excluding hydrogens is 321 g/mol. The van der Waals surface area contributed by atoms with Gasteiger partial charge in [0.1, 0.15) is 0 Å². The largest absolute Gasteiger partial charge is 0.333 e. The highest BCUT2D eigenvalue weighted by molar-refractivity contribution is 6.06. The van der Waals surface area contributed by atoms with Gasteiger partial charge in [-0.05, 0) is 26.0 Å². The average molecular weight is 342 g/mol. The average Bonchev–Trinajstić information content (AvgIpc) is 2.46. The van der Waals surface area contributed by atoms with Crippen LogP contribution in [0.4, 0.5) is 0 Å². The summed E-state index contributed by atoms with van der Waals surface area (Å²) in [6.45, 7) is 6.49. The molecule has 1 fully saturated rings. The maximum absolute atomic E-state index is 12.8. The predicted molar refractivity (Wildman–Crippen MR) is 94.3 cm³/mol. The zero-order valence-electron chi connectivity index (χ0n) is 12.7. The lowest BCUT2D eigenvalue weighted by molar-refractivity contribution is 0.0657. The molecule has 2 aromatic rings. The van der Waals surface area contributed by atoms with Crippen molar-refractivity contribution in [3.63, 3.8) is 0 Å². The van der Waals surface area contributed by atoms with Crippen LogP contribution >= 0.6 is 24.8 Å². The van der Waals surface area contributed by atoms with Crippen LogP contribution in [0.5, 0.6) is 0 Å². The maximum atomic E-state index is 12.8. The van der Waals surface area contributed by atoms with E-state index in [1.54, 1.807) is 0 Å². The Morgan fingerprint density at radius 2 is 2.05 bits per heavy atom. The summed E-state index contributed by atoms with van der Waals surface area (Å²) in [6.07, 6.45) is 0. The first-order valence-corrected chi connectivity index (χ1v) is 7.05. The van der Waals surface area contributed by atoms with E-state index in [1.807, 2.05) is 42.2 Å². The number of aromatic nitrogens is 1. The Labute approximate surface area is 143 Å². The van der Waals surface area contributed by atoms with Crippen LogP contribution in [-0.4, -0.2) is 41.5 Å². The van der Waals surface area contributed by atoms with Gasteiger partial charge in [-0.15, -0.1) is 24.8 Å². The van der Waals surface area contributed by atoms with Crippen molar-refractivity contribution in [1.82, 2.24) is 15.2 Å². The number of aryl methyl sites for hydroxylation is 1. The summed E-state index contributed by atoms with van der Waals surface area (Å²) in [7, 11) is 0. The standard InChI is InChI=1S/C16H19N3O.2ClH/c1-11-9-14(13-5-3-4-6-15(13)18-11)16(20)19-8-7-17-10-12(19)2;;/h3-6,9,12,17H,7-8,10H2,1-2H3;2*1H/t12-;;/m0../s1. The quantitative estimate of drug-likeness (QED) is 0.867. The molecule has 1 N–H and O–H groups in total. The van der Waals surface area contributed by atoms with Gasteiger partial charge in [-0.1, -0.05) is 18.2 Å². The predicted octanol–water partition coefficient (Wildman–Crippen LogP) is 2.82. The Bertz CT molecular complexity index is 663. The van der Waals surface area contributed by atoms with Gasteiger partial charge in [0.15, 0.2) is 0 Å². The van der Waals surface area contributed by atoms with Crippen molar-refractivity contribution in [3.05, 3.63) is 41.6 Å². The van der Waals surface area contributed by atoms with E-state index in [0.29, 0.717) is 0 Å². The fraction of sp³-hybridized carbons (Fsp3) is 0.375. The Morgan fingerprint density at radius 3 is 2.77 bits per heavy atom. The van der Waals surface area contributed by atoms with Crippen molar-refractivity contribution < 1.29 is 4.79 Å². The zero-order chi connectivity index (χ0) is 14.1. The Balaban J connectivity index is 0.00000121. The molecule has 0 radical (unpaired) electrons. The van der Waals surface area contributed by atoms with E-state index in [-0.39, 0.29) is 36.8 Å². The second-order valence-electron chi connectivity index (χ2n) is 5.38. The molecule has 1 aliphatic rings. The number of para-hydroxylation sites is 1. The molecule has 1 aromatic carbocycles. The molecule has 1 aromatic heterocycles. The molecule has 0 saturated carbocycles. The number of carbonyl (C=O) groups is 1. The number of nitrogens with one attached hydrogen (secondary N) is 1. The van der Waals surface area contributed by atoms with Crippen molar-refractivity contribution in [2.45, 2.75) is 19.9 Å². The normalized spacial score (nSPS) is 17.5. The van der Waals surface area contributed by atoms with Gasteiger partial charge >= 0.3 is 0 Å². The first-order valence-electron chi connectivity index (χ1n) is 7.05. The van der Waals surface area contributed by atoms with Gasteiger partial charge in [0.05, 0.1) is 11.1 Å². The molecule has 1 amide bonds. The van der Waals surface area contributed by atoms with Crippen molar-refractivity contribution in [3.8, 4) is 0 Å². The van der Waals surface area contributed by atoms with E-state index in [0.717, 1.165) is 41.8 Å². The first kappa shape index (κ1) is 18.7. The number of carbonyl (C=O) groups excluding carboxylic acids is 1.